The van der Waals surface area contributed by atoms with Crippen LogP contribution in [0.4, 0.5) is 0 Å². The summed E-state index contributed by atoms with van der Waals surface area (Å²) in [5.74, 6) is -0.502. The molecule has 0 radical (unpaired) electrons. The first-order valence-electron chi connectivity index (χ1n) is 4.69. The van der Waals surface area contributed by atoms with Crippen molar-refractivity contribution in [1.29, 1.82) is 0 Å². The minimum atomic E-state index is -3.35. The van der Waals surface area contributed by atoms with Crippen molar-refractivity contribution in [1.82, 2.24) is 0 Å². The average Bonchev–Trinajstić information content (AvgIpc) is 2.93. The van der Waals surface area contributed by atoms with Gasteiger partial charge in [0.25, 0.3) is 0 Å². The van der Waals surface area contributed by atoms with E-state index in [1.54, 1.807) is 0 Å². The molecule has 0 aromatic heterocycles. The summed E-state index contributed by atoms with van der Waals surface area (Å²) in [4.78, 5) is 11.6. The Bertz CT molecular complexity index is 352. The van der Waals surface area contributed by atoms with Gasteiger partial charge in [0.1, 0.15) is 0 Å². The first kappa shape index (κ1) is 10.9. The Morgan fingerprint density at radius 1 is 1.80 bits per heavy atom. The van der Waals surface area contributed by atoms with E-state index in [0.29, 0.717) is 13.0 Å². The van der Waals surface area contributed by atoms with Gasteiger partial charge in [0.2, 0.25) is 0 Å². The molecule has 15 heavy (non-hydrogen) atoms. The number of carbonyl (C=O) groups excluding carboxylic acids is 1. The van der Waals surface area contributed by atoms with Crippen molar-refractivity contribution in [3.05, 3.63) is 12.7 Å². The van der Waals surface area contributed by atoms with Gasteiger partial charge in [-0.1, -0.05) is 6.08 Å². The van der Waals surface area contributed by atoms with E-state index in [1.807, 2.05) is 0 Å². The number of rotatable bonds is 4. The summed E-state index contributed by atoms with van der Waals surface area (Å²) in [6, 6.07) is 0. The Hall–Kier alpha value is -0.640. The number of fused-ring (bicyclic) bond motifs is 1. The fourth-order valence-corrected chi connectivity index (χ4v) is 4.49. The Kier molecular flexibility index (Phi) is 2.49. The van der Waals surface area contributed by atoms with Gasteiger partial charge in [-0.3, -0.25) is 9.36 Å². The maximum atomic E-state index is 12.3. The third-order valence-electron chi connectivity index (χ3n) is 2.91. The molecule has 0 amide bonds. The summed E-state index contributed by atoms with van der Waals surface area (Å²) in [7, 11) is -2.07. The van der Waals surface area contributed by atoms with Gasteiger partial charge >= 0.3 is 13.6 Å². The van der Waals surface area contributed by atoms with Crippen LogP contribution in [0.1, 0.15) is 6.42 Å². The highest BCUT2D eigenvalue weighted by Gasteiger charge is 2.78. The third-order valence-corrected chi connectivity index (χ3v) is 5.59. The summed E-state index contributed by atoms with van der Waals surface area (Å²) < 4.78 is 27.2. The molecule has 0 unspecified atom stereocenters. The molecule has 1 saturated carbocycles. The van der Waals surface area contributed by atoms with Crippen LogP contribution in [-0.2, 0) is 23.1 Å². The third kappa shape index (κ3) is 1.30. The molecule has 0 spiro atoms. The lowest BCUT2D eigenvalue weighted by molar-refractivity contribution is -0.141. The van der Waals surface area contributed by atoms with E-state index in [0.717, 1.165) is 0 Å². The number of methoxy groups -OCH3 is 1. The first-order valence-corrected chi connectivity index (χ1v) is 6.23. The SMILES string of the molecule is C=CCO[P@]1(=O)OC[C@H]2C[C@]21C(=O)OC. The summed E-state index contributed by atoms with van der Waals surface area (Å²) >= 11 is 0. The van der Waals surface area contributed by atoms with Gasteiger partial charge in [-0.25, -0.2) is 0 Å². The van der Waals surface area contributed by atoms with E-state index in [2.05, 4.69) is 11.3 Å². The summed E-state index contributed by atoms with van der Waals surface area (Å²) in [6.45, 7) is 3.88. The van der Waals surface area contributed by atoms with Crippen LogP contribution in [-0.4, -0.2) is 31.4 Å². The molecule has 1 aliphatic heterocycles. The Labute approximate surface area is 87.9 Å². The molecule has 84 valence electrons. The molecule has 1 saturated heterocycles. The van der Waals surface area contributed by atoms with Crippen molar-refractivity contribution in [2.75, 3.05) is 20.3 Å². The maximum Gasteiger partial charge on any atom is 0.348 e. The standard InChI is InChI=1S/C9H13O5P/c1-3-4-13-15(11)9(8(10)12-2)5-7(9)6-14-15/h3,7H,1,4-6H2,2H3/t7-,9-,15+/m1/s1. The zero-order valence-corrected chi connectivity index (χ0v) is 9.37. The number of hydrogen-bond donors (Lipinski definition) is 0. The second-order valence-electron chi connectivity index (χ2n) is 3.69. The number of hydrogen-bond acceptors (Lipinski definition) is 5. The fourth-order valence-electron chi connectivity index (χ4n) is 1.99. The van der Waals surface area contributed by atoms with Crippen LogP contribution < -0.4 is 0 Å². The van der Waals surface area contributed by atoms with E-state index in [9.17, 15) is 9.36 Å². The molecular weight excluding hydrogens is 219 g/mol. The average molecular weight is 232 g/mol. The monoisotopic (exact) mass is 232 g/mol. The lowest BCUT2D eigenvalue weighted by atomic mass is 10.3. The number of ether oxygens (including phenoxy) is 1. The van der Waals surface area contributed by atoms with Crippen LogP contribution in [0.25, 0.3) is 0 Å². The largest absolute Gasteiger partial charge is 0.468 e. The quantitative estimate of drug-likeness (QED) is 0.416. The van der Waals surface area contributed by atoms with Gasteiger partial charge in [-0.2, -0.15) is 0 Å². The van der Waals surface area contributed by atoms with Crippen molar-refractivity contribution >= 4 is 13.6 Å². The van der Waals surface area contributed by atoms with Crippen LogP contribution in [0.3, 0.4) is 0 Å². The van der Waals surface area contributed by atoms with E-state index < -0.39 is 18.7 Å². The molecule has 3 atom stereocenters. The van der Waals surface area contributed by atoms with Gasteiger partial charge in [-0.15, -0.1) is 6.58 Å². The van der Waals surface area contributed by atoms with E-state index in [1.165, 1.54) is 13.2 Å². The lowest BCUT2D eigenvalue weighted by Crippen LogP contribution is -2.25. The smallest absolute Gasteiger partial charge is 0.348 e. The van der Waals surface area contributed by atoms with Crippen LogP contribution in [0.2, 0.25) is 0 Å². The Morgan fingerprint density at radius 2 is 2.53 bits per heavy atom. The summed E-state index contributed by atoms with van der Waals surface area (Å²) in [6.07, 6.45) is 2.01. The second kappa shape index (κ2) is 3.44. The van der Waals surface area contributed by atoms with Gasteiger partial charge in [-0.05, 0) is 6.42 Å². The molecule has 6 heteroatoms. The molecule has 2 aliphatic rings. The predicted molar refractivity (Wildman–Crippen MR) is 52.6 cm³/mol. The molecule has 5 nitrogen and oxygen atoms in total. The molecule has 1 aliphatic carbocycles. The normalized spacial score (nSPS) is 42.1. The van der Waals surface area contributed by atoms with E-state index in [4.69, 9.17) is 9.05 Å². The Morgan fingerprint density at radius 3 is 3.07 bits per heavy atom. The lowest BCUT2D eigenvalue weighted by Gasteiger charge is -2.19. The van der Waals surface area contributed by atoms with Crippen LogP contribution in [0.15, 0.2) is 12.7 Å². The van der Waals surface area contributed by atoms with Gasteiger partial charge < -0.3 is 13.8 Å². The van der Waals surface area contributed by atoms with E-state index >= 15 is 0 Å². The highest BCUT2D eigenvalue weighted by atomic mass is 31.2. The van der Waals surface area contributed by atoms with Crippen LogP contribution in [0, 0.1) is 5.92 Å². The molecule has 0 bridgehead atoms. The van der Waals surface area contributed by atoms with Crippen molar-refractivity contribution in [3.8, 4) is 0 Å². The zero-order chi connectivity index (χ0) is 11.1. The van der Waals surface area contributed by atoms with Crippen molar-refractivity contribution in [3.63, 3.8) is 0 Å². The maximum absolute atomic E-state index is 12.3. The minimum Gasteiger partial charge on any atom is -0.468 e. The highest BCUT2D eigenvalue weighted by Crippen LogP contribution is 2.79. The van der Waals surface area contributed by atoms with Gasteiger partial charge in [0.15, 0.2) is 5.16 Å². The molecule has 2 rings (SSSR count). The molecule has 0 N–H and O–H groups in total. The number of carbonyl (C=O) groups is 1. The first-order chi connectivity index (χ1) is 7.10. The Balaban J connectivity index is 2.22. The van der Waals surface area contributed by atoms with Crippen LogP contribution in [0.5, 0.6) is 0 Å². The van der Waals surface area contributed by atoms with Gasteiger partial charge in [0.05, 0.1) is 20.3 Å². The summed E-state index contributed by atoms with van der Waals surface area (Å²) in [5, 5.41) is -1.02. The van der Waals surface area contributed by atoms with Crippen molar-refractivity contribution in [2.24, 2.45) is 5.92 Å². The molecule has 2 fully saturated rings. The fraction of sp³-hybridized carbons (Fsp3) is 0.667. The minimum absolute atomic E-state index is 0.0133. The zero-order valence-electron chi connectivity index (χ0n) is 8.47. The molecule has 0 aromatic carbocycles. The predicted octanol–water partition coefficient (Wildman–Crippen LogP) is 1.34. The second-order valence-corrected chi connectivity index (χ2v) is 6.00. The van der Waals surface area contributed by atoms with Gasteiger partial charge in [0, 0.05) is 5.92 Å². The molecular formula is C9H13O5P. The topological polar surface area (TPSA) is 61.8 Å². The molecule has 1 heterocycles. The molecule has 0 aromatic rings. The summed E-state index contributed by atoms with van der Waals surface area (Å²) in [5.41, 5.74) is 0. The van der Waals surface area contributed by atoms with Crippen molar-refractivity contribution < 1.29 is 23.1 Å². The van der Waals surface area contributed by atoms with Crippen LogP contribution >= 0.6 is 7.60 Å². The number of esters is 1. The van der Waals surface area contributed by atoms with Crippen molar-refractivity contribution in [2.45, 2.75) is 11.6 Å². The highest BCUT2D eigenvalue weighted by molar-refractivity contribution is 7.57. The van der Waals surface area contributed by atoms with E-state index in [-0.39, 0.29) is 12.5 Å².